The number of hydrogen-bond donors (Lipinski definition) is 1. The first-order chi connectivity index (χ1) is 8.00. The van der Waals surface area contributed by atoms with Crippen molar-refractivity contribution < 1.29 is 24.3 Å². The lowest BCUT2D eigenvalue weighted by Crippen LogP contribution is -2.59. The van der Waals surface area contributed by atoms with E-state index in [9.17, 15) is 14.8 Å². The van der Waals surface area contributed by atoms with Crippen LogP contribution in [-0.4, -0.2) is 53.8 Å². The Balaban J connectivity index is 2.08. The third kappa shape index (κ3) is 2.02. The summed E-state index contributed by atoms with van der Waals surface area (Å²) >= 11 is 0. The fraction of sp³-hybridized carbons (Fsp3) is 0.800. The molecule has 1 aliphatic carbocycles. The van der Waals surface area contributed by atoms with Crippen LogP contribution in [0.1, 0.15) is 19.8 Å². The van der Waals surface area contributed by atoms with Gasteiger partial charge in [0.25, 0.3) is 0 Å². The molecule has 2 amide bonds. The fourth-order valence-electron chi connectivity index (χ4n) is 2.14. The van der Waals surface area contributed by atoms with Gasteiger partial charge in [-0.05, 0) is 19.8 Å². The van der Waals surface area contributed by atoms with E-state index in [2.05, 4.69) is 4.74 Å². The van der Waals surface area contributed by atoms with Crippen molar-refractivity contribution in [2.45, 2.75) is 26.0 Å². The number of hydroxylamine groups is 2. The Morgan fingerprint density at radius 3 is 2.76 bits per heavy atom. The van der Waals surface area contributed by atoms with Gasteiger partial charge >= 0.3 is 12.2 Å². The van der Waals surface area contributed by atoms with E-state index in [1.165, 1.54) is 4.90 Å². The quantitative estimate of drug-likeness (QED) is 0.579. The van der Waals surface area contributed by atoms with Crippen LogP contribution in [0, 0.1) is 5.41 Å². The molecular weight excluding hydrogens is 228 g/mol. The fourth-order valence-corrected chi connectivity index (χ4v) is 2.14. The predicted molar refractivity (Wildman–Crippen MR) is 55.2 cm³/mol. The number of carbonyl (C=O) groups is 2. The maximum atomic E-state index is 11.6. The summed E-state index contributed by atoms with van der Waals surface area (Å²) in [7, 11) is 1.60. The number of carbonyl (C=O) groups excluding carboxylic acids is 2. The third-order valence-corrected chi connectivity index (χ3v) is 3.18. The third-order valence-electron chi connectivity index (χ3n) is 3.18. The summed E-state index contributed by atoms with van der Waals surface area (Å²) < 4.78 is 9.66. The Bertz CT molecular complexity index is 342. The maximum Gasteiger partial charge on any atom is 0.510 e. The normalized spacial score (nSPS) is 26.1. The number of urea groups is 1. The first-order valence-electron chi connectivity index (χ1n) is 5.57. The Kier molecular flexibility index (Phi) is 2.86. The first-order valence-corrected chi connectivity index (χ1v) is 5.57. The van der Waals surface area contributed by atoms with Crippen molar-refractivity contribution in [2.75, 3.05) is 20.2 Å². The van der Waals surface area contributed by atoms with Crippen LogP contribution < -0.4 is 0 Å². The minimum Gasteiger partial charge on any atom is -0.435 e. The van der Waals surface area contributed by atoms with Crippen LogP contribution in [0.25, 0.3) is 0 Å². The van der Waals surface area contributed by atoms with Crippen LogP contribution in [0.5, 0.6) is 0 Å². The number of ether oxygens (including phenoxy) is 2. The highest BCUT2D eigenvalue weighted by Crippen LogP contribution is 2.53. The molecule has 2 aliphatic rings. The summed E-state index contributed by atoms with van der Waals surface area (Å²) in [6, 6.07) is -0.572. The van der Waals surface area contributed by atoms with E-state index < -0.39 is 18.4 Å². The number of hydrogen-bond acceptors (Lipinski definition) is 5. The van der Waals surface area contributed by atoms with Crippen molar-refractivity contribution in [1.82, 2.24) is 9.96 Å². The van der Waals surface area contributed by atoms with Gasteiger partial charge in [0.2, 0.25) is 6.23 Å². The topological polar surface area (TPSA) is 79.3 Å². The second-order valence-electron chi connectivity index (χ2n) is 4.50. The highest BCUT2D eigenvalue weighted by Gasteiger charge is 2.59. The average Bonchev–Trinajstić information content (AvgIpc) is 3.03. The van der Waals surface area contributed by atoms with Gasteiger partial charge in [-0.1, -0.05) is 0 Å². The molecule has 7 nitrogen and oxygen atoms in total. The van der Waals surface area contributed by atoms with Gasteiger partial charge in [0, 0.05) is 19.0 Å². The molecule has 2 rings (SSSR count). The number of rotatable bonds is 2. The van der Waals surface area contributed by atoms with Crippen LogP contribution in [0.2, 0.25) is 0 Å². The molecule has 1 aliphatic heterocycles. The van der Waals surface area contributed by atoms with E-state index in [-0.39, 0.29) is 12.0 Å². The van der Waals surface area contributed by atoms with Gasteiger partial charge in [-0.25, -0.2) is 9.59 Å². The largest absolute Gasteiger partial charge is 0.510 e. The van der Waals surface area contributed by atoms with Crippen molar-refractivity contribution in [2.24, 2.45) is 5.41 Å². The van der Waals surface area contributed by atoms with Gasteiger partial charge in [0.1, 0.15) is 0 Å². The SMILES string of the molecule is CCOC(=O)OC1N(O)C(=O)N(C)CC12CC2. The van der Waals surface area contributed by atoms with Crippen molar-refractivity contribution in [3.63, 3.8) is 0 Å². The Labute approximate surface area is 98.8 Å². The second-order valence-corrected chi connectivity index (χ2v) is 4.50. The van der Waals surface area contributed by atoms with Gasteiger partial charge in [0.05, 0.1) is 6.61 Å². The van der Waals surface area contributed by atoms with Crippen LogP contribution >= 0.6 is 0 Å². The van der Waals surface area contributed by atoms with Crippen LogP contribution in [-0.2, 0) is 9.47 Å². The highest BCUT2D eigenvalue weighted by molar-refractivity contribution is 5.75. The molecule has 0 aromatic carbocycles. The zero-order valence-electron chi connectivity index (χ0n) is 9.88. The Morgan fingerprint density at radius 2 is 2.24 bits per heavy atom. The summed E-state index contributed by atoms with van der Waals surface area (Å²) in [5.74, 6) is 0. The molecule has 17 heavy (non-hydrogen) atoms. The lowest BCUT2D eigenvalue weighted by Gasteiger charge is -2.40. The monoisotopic (exact) mass is 244 g/mol. The molecule has 0 aromatic rings. The summed E-state index contributed by atoms with van der Waals surface area (Å²) in [5.41, 5.74) is -0.343. The molecule has 1 atom stereocenters. The molecule has 0 radical (unpaired) electrons. The van der Waals surface area contributed by atoms with Gasteiger partial charge in [-0.15, -0.1) is 0 Å². The molecule has 7 heteroatoms. The minimum atomic E-state index is -0.940. The van der Waals surface area contributed by atoms with E-state index in [4.69, 9.17) is 4.74 Å². The first kappa shape index (κ1) is 12.0. The summed E-state index contributed by atoms with van der Waals surface area (Å²) in [5, 5.41) is 10.2. The summed E-state index contributed by atoms with van der Waals surface area (Å²) in [4.78, 5) is 24.2. The smallest absolute Gasteiger partial charge is 0.435 e. The zero-order valence-corrected chi connectivity index (χ0v) is 9.88. The van der Waals surface area contributed by atoms with E-state index >= 15 is 0 Å². The molecule has 1 saturated heterocycles. The van der Waals surface area contributed by atoms with Gasteiger partial charge < -0.3 is 14.4 Å². The van der Waals surface area contributed by atoms with Gasteiger partial charge in [-0.2, -0.15) is 5.06 Å². The van der Waals surface area contributed by atoms with E-state index in [0.717, 1.165) is 12.8 Å². The summed E-state index contributed by atoms with van der Waals surface area (Å²) in [6.45, 7) is 2.33. The second kappa shape index (κ2) is 4.06. The van der Waals surface area contributed by atoms with Crippen molar-refractivity contribution in [3.8, 4) is 0 Å². The van der Waals surface area contributed by atoms with Gasteiger partial charge in [0.15, 0.2) is 0 Å². The van der Waals surface area contributed by atoms with Crippen molar-refractivity contribution in [3.05, 3.63) is 0 Å². The van der Waals surface area contributed by atoms with Gasteiger partial charge in [-0.3, -0.25) is 5.21 Å². The number of amides is 2. The van der Waals surface area contributed by atoms with Crippen LogP contribution in [0.3, 0.4) is 0 Å². The average molecular weight is 244 g/mol. The molecule has 1 spiro atoms. The minimum absolute atomic E-state index is 0.192. The van der Waals surface area contributed by atoms with E-state index in [0.29, 0.717) is 11.6 Å². The van der Waals surface area contributed by atoms with Crippen molar-refractivity contribution >= 4 is 12.2 Å². The Morgan fingerprint density at radius 1 is 1.59 bits per heavy atom. The Hall–Kier alpha value is -1.50. The lowest BCUT2D eigenvalue weighted by molar-refractivity contribution is -0.211. The molecule has 2 fully saturated rings. The molecule has 1 unspecified atom stereocenters. The van der Waals surface area contributed by atoms with E-state index in [1.54, 1.807) is 14.0 Å². The zero-order chi connectivity index (χ0) is 12.6. The summed E-state index contributed by atoms with van der Waals surface area (Å²) in [6.07, 6.45) is -0.178. The highest BCUT2D eigenvalue weighted by atomic mass is 16.7. The van der Waals surface area contributed by atoms with Crippen molar-refractivity contribution in [1.29, 1.82) is 0 Å². The van der Waals surface area contributed by atoms with Crippen LogP contribution in [0.4, 0.5) is 9.59 Å². The molecule has 1 heterocycles. The molecular formula is C10H16N2O5. The lowest BCUT2D eigenvalue weighted by atomic mass is 10.0. The molecule has 96 valence electrons. The molecule has 1 saturated carbocycles. The molecule has 0 bridgehead atoms. The number of nitrogens with zero attached hydrogens (tertiary/aromatic N) is 2. The predicted octanol–water partition coefficient (Wildman–Crippen LogP) is 1.02. The maximum absolute atomic E-state index is 11.6. The standard InChI is InChI=1S/C10H16N2O5/c1-3-16-9(14)17-7-10(4-5-10)6-11(2)8(13)12(7)15/h7,15H,3-6H2,1-2H3. The van der Waals surface area contributed by atoms with E-state index in [1.807, 2.05) is 0 Å². The van der Waals surface area contributed by atoms with Crippen LogP contribution in [0.15, 0.2) is 0 Å². The molecule has 1 N–H and O–H groups in total. The molecule has 0 aromatic heterocycles.